The topological polar surface area (TPSA) is 71.5 Å². The second-order valence-electron chi connectivity index (χ2n) is 4.85. The third kappa shape index (κ3) is 3.34. The average Bonchev–Trinajstić information content (AvgIpc) is 2.98. The molecule has 0 bridgehead atoms. The molecule has 1 aliphatic heterocycles. The fourth-order valence-electron chi connectivity index (χ4n) is 2.30. The molecule has 1 amide bonds. The first kappa shape index (κ1) is 13.1. The molecule has 0 aromatic carbocycles. The number of rotatable bonds is 5. The zero-order valence-corrected chi connectivity index (χ0v) is 10.8. The zero-order valence-electron chi connectivity index (χ0n) is 10.8. The molecule has 1 aromatic heterocycles. The minimum absolute atomic E-state index is 0.127. The molecule has 0 radical (unpaired) electrons. The summed E-state index contributed by atoms with van der Waals surface area (Å²) >= 11 is 0. The number of hydrogen-bond donors (Lipinski definition) is 2. The third-order valence-corrected chi connectivity index (χ3v) is 3.19. The van der Waals surface area contributed by atoms with Gasteiger partial charge in [0, 0.05) is 12.6 Å². The van der Waals surface area contributed by atoms with Gasteiger partial charge in [-0.1, -0.05) is 0 Å². The van der Waals surface area contributed by atoms with Gasteiger partial charge in [-0.3, -0.25) is 4.79 Å². The number of likely N-dealkylation sites (tertiary alicyclic amines) is 1. The van der Waals surface area contributed by atoms with E-state index < -0.39 is 0 Å². The van der Waals surface area contributed by atoms with Crippen LogP contribution in [-0.4, -0.2) is 36.5 Å². The highest BCUT2D eigenvalue weighted by molar-refractivity contribution is 5.91. The molecule has 18 heavy (non-hydrogen) atoms. The maximum absolute atomic E-state index is 11.9. The fraction of sp³-hybridized carbons (Fsp3) is 0.615. The van der Waals surface area contributed by atoms with Gasteiger partial charge in [-0.15, -0.1) is 0 Å². The highest BCUT2D eigenvalue weighted by atomic mass is 16.4. The molecule has 0 aliphatic carbocycles. The standard InChI is InChI=1S/C13H21N3O2/c1-10(9-16-6-2-3-7-16)15-13(17)12-5-4-11(8-14)18-12/h4-5,10H,2-3,6-9,14H2,1H3,(H,15,17). The van der Waals surface area contributed by atoms with Crippen molar-refractivity contribution in [1.82, 2.24) is 10.2 Å². The van der Waals surface area contributed by atoms with E-state index in [1.807, 2.05) is 6.92 Å². The van der Waals surface area contributed by atoms with Crippen molar-refractivity contribution in [2.45, 2.75) is 32.4 Å². The van der Waals surface area contributed by atoms with Crippen molar-refractivity contribution >= 4 is 5.91 Å². The van der Waals surface area contributed by atoms with E-state index in [1.165, 1.54) is 12.8 Å². The van der Waals surface area contributed by atoms with Crippen molar-refractivity contribution in [1.29, 1.82) is 0 Å². The Balaban J connectivity index is 1.82. The number of hydrogen-bond acceptors (Lipinski definition) is 4. The molecule has 1 unspecified atom stereocenters. The lowest BCUT2D eigenvalue weighted by Gasteiger charge is -2.20. The minimum atomic E-state index is -0.165. The second kappa shape index (κ2) is 6.02. The molecular weight excluding hydrogens is 230 g/mol. The molecule has 2 heterocycles. The highest BCUT2D eigenvalue weighted by Crippen LogP contribution is 2.09. The Kier molecular flexibility index (Phi) is 4.38. The van der Waals surface area contributed by atoms with Crippen molar-refractivity contribution in [2.24, 2.45) is 5.73 Å². The Morgan fingerprint density at radius 1 is 1.50 bits per heavy atom. The van der Waals surface area contributed by atoms with E-state index >= 15 is 0 Å². The molecule has 1 aromatic rings. The van der Waals surface area contributed by atoms with Crippen LogP contribution in [0.1, 0.15) is 36.1 Å². The quantitative estimate of drug-likeness (QED) is 0.817. The van der Waals surface area contributed by atoms with Crippen LogP contribution < -0.4 is 11.1 Å². The Bertz CT molecular complexity index is 397. The summed E-state index contributed by atoms with van der Waals surface area (Å²) in [5.41, 5.74) is 5.44. The van der Waals surface area contributed by atoms with Crippen LogP contribution in [0.2, 0.25) is 0 Å². The average molecular weight is 251 g/mol. The van der Waals surface area contributed by atoms with Crippen molar-refractivity contribution in [3.8, 4) is 0 Å². The summed E-state index contributed by atoms with van der Waals surface area (Å²) in [6.07, 6.45) is 2.53. The maximum atomic E-state index is 11.9. The summed E-state index contributed by atoms with van der Waals surface area (Å²) in [7, 11) is 0. The smallest absolute Gasteiger partial charge is 0.287 e. The summed E-state index contributed by atoms with van der Waals surface area (Å²) in [6.45, 7) is 5.51. The lowest BCUT2D eigenvalue weighted by molar-refractivity contribution is 0.0902. The first-order valence-corrected chi connectivity index (χ1v) is 6.51. The van der Waals surface area contributed by atoms with Crippen molar-refractivity contribution in [2.75, 3.05) is 19.6 Å². The van der Waals surface area contributed by atoms with Crippen molar-refractivity contribution < 1.29 is 9.21 Å². The molecule has 5 nitrogen and oxygen atoms in total. The molecule has 0 saturated carbocycles. The van der Waals surface area contributed by atoms with E-state index in [9.17, 15) is 4.79 Å². The number of nitrogens with one attached hydrogen (secondary N) is 1. The van der Waals surface area contributed by atoms with Crippen LogP contribution >= 0.6 is 0 Å². The van der Waals surface area contributed by atoms with E-state index in [0.717, 1.165) is 19.6 Å². The third-order valence-electron chi connectivity index (χ3n) is 3.19. The van der Waals surface area contributed by atoms with Gasteiger partial charge in [0.15, 0.2) is 5.76 Å². The van der Waals surface area contributed by atoms with Crippen LogP contribution in [-0.2, 0) is 6.54 Å². The van der Waals surface area contributed by atoms with Crippen LogP contribution in [0.15, 0.2) is 16.5 Å². The number of carbonyl (C=O) groups is 1. The van der Waals surface area contributed by atoms with Crippen LogP contribution in [0.25, 0.3) is 0 Å². The number of nitrogens with zero attached hydrogens (tertiary/aromatic N) is 1. The summed E-state index contributed by atoms with van der Waals surface area (Å²) in [5, 5.41) is 2.95. The Morgan fingerprint density at radius 3 is 2.83 bits per heavy atom. The summed E-state index contributed by atoms with van der Waals surface area (Å²) in [5.74, 6) is 0.803. The predicted molar refractivity (Wildman–Crippen MR) is 69.2 cm³/mol. The van der Waals surface area contributed by atoms with Crippen LogP contribution in [0.3, 0.4) is 0 Å². The molecule has 1 saturated heterocycles. The summed E-state index contributed by atoms with van der Waals surface area (Å²) in [6, 6.07) is 3.53. The van der Waals surface area contributed by atoms with Gasteiger partial charge in [-0.2, -0.15) is 0 Å². The maximum Gasteiger partial charge on any atom is 0.287 e. The largest absolute Gasteiger partial charge is 0.455 e. The first-order valence-electron chi connectivity index (χ1n) is 6.51. The molecule has 5 heteroatoms. The van der Waals surface area contributed by atoms with Gasteiger partial charge in [0.25, 0.3) is 5.91 Å². The van der Waals surface area contributed by atoms with Crippen molar-refractivity contribution in [3.63, 3.8) is 0 Å². The van der Waals surface area contributed by atoms with Gasteiger partial charge >= 0.3 is 0 Å². The van der Waals surface area contributed by atoms with Crippen LogP contribution in [0.4, 0.5) is 0 Å². The minimum Gasteiger partial charge on any atom is -0.455 e. The highest BCUT2D eigenvalue weighted by Gasteiger charge is 2.18. The van der Waals surface area contributed by atoms with E-state index in [4.69, 9.17) is 10.2 Å². The molecule has 1 aliphatic rings. The monoisotopic (exact) mass is 251 g/mol. The van der Waals surface area contributed by atoms with E-state index in [-0.39, 0.29) is 11.9 Å². The Morgan fingerprint density at radius 2 is 2.22 bits per heavy atom. The van der Waals surface area contributed by atoms with Gasteiger partial charge < -0.3 is 20.4 Å². The van der Waals surface area contributed by atoms with Crippen LogP contribution in [0.5, 0.6) is 0 Å². The van der Waals surface area contributed by atoms with Gasteiger partial charge in [0.05, 0.1) is 6.54 Å². The molecule has 1 atom stereocenters. The second-order valence-corrected chi connectivity index (χ2v) is 4.85. The van der Waals surface area contributed by atoms with E-state index in [0.29, 0.717) is 18.1 Å². The van der Waals surface area contributed by atoms with Gasteiger partial charge in [-0.25, -0.2) is 0 Å². The van der Waals surface area contributed by atoms with Crippen molar-refractivity contribution in [3.05, 3.63) is 23.7 Å². The van der Waals surface area contributed by atoms with E-state index in [1.54, 1.807) is 12.1 Å². The predicted octanol–water partition coefficient (Wildman–Crippen LogP) is 0.952. The summed E-state index contributed by atoms with van der Waals surface area (Å²) < 4.78 is 5.31. The molecular formula is C13H21N3O2. The number of amides is 1. The van der Waals surface area contributed by atoms with Gasteiger partial charge in [0.2, 0.25) is 0 Å². The van der Waals surface area contributed by atoms with Crippen LogP contribution in [0, 0.1) is 0 Å². The number of carbonyl (C=O) groups excluding carboxylic acids is 1. The lowest BCUT2D eigenvalue weighted by atomic mass is 10.3. The normalized spacial score (nSPS) is 17.9. The number of furan rings is 1. The Labute approximate surface area is 107 Å². The molecule has 1 fully saturated rings. The molecule has 100 valence electrons. The van der Waals surface area contributed by atoms with Gasteiger partial charge in [0.1, 0.15) is 5.76 Å². The van der Waals surface area contributed by atoms with Gasteiger partial charge in [-0.05, 0) is 45.0 Å². The SMILES string of the molecule is CC(CN1CCCC1)NC(=O)c1ccc(CN)o1. The summed E-state index contributed by atoms with van der Waals surface area (Å²) in [4.78, 5) is 14.3. The zero-order chi connectivity index (χ0) is 13.0. The van der Waals surface area contributed by atoms with E-state index in [2.05, 4.69) is 10.2 Å². The number of nitrogens with two attached hydrogens (primary N) is 1. The fourth-order valence-corrected chi connectivity index (χ4v) is 2.30. The lowest BCUT2D eigenvalue weighted by Crippen LogP contribution is -2.40. The Hall–Kier alpha value is -1.33. The first-order chi connectivity index (χ1) is 8.69. The molecule has 2 rings (SSSR count). The molecule has 3 N–H and O–H groups in total. The molecule has 0 spiro atoms.